The third kappa shape index (κ3) is 4.83. The molecule has 0 spiro atoms. The second-order valence-electron chi connectivity index (χ2n) is 6.68. The molecule has 0 radical (unpaired) electrons. The van der Waals surface area contributed by atoms with Crippen molar-refractivity contribution >= 4 is 21.6 Å². The quantitative estimate of drug-likeness (QED) is 0.542. The van der Waals surface area contributed by atoms with E-state index >= 15 is 0 Å². The van der Waals surface area contributed by atoms with Crippen molar-refractivity contribution in [3.05, 3.63) is 83.4 Å². The number of carbonyl (C=O) groups excluding carboxylic acids is 1. The molecule has 1 heterocycles. The van der Waals surface area contributed by atoms with Crippen molar-refractivity contribution in [3.8, 4) is 0 Å². The molecule has 1 amide bonds. The molecule has 1 unspecified atom stereocenters. The first kappa shape index (κ1) is 20.6. The van der Waals surface area contributed by atoms with Crippen molar-refractivity contribution in [1.29, 1.82) is 0 Å². The van der Waals surface area contributed by atoms with Crippen LogP contribution in [0.4, 0.5) is 10.1 Å². The maximum Gasteiger partial charge on any atom is 0.268 e. The minimum absolute atomic E-state index is 0.101. The van der Waals surface area contributed by atoms with Gasteiger partial charge in [0.1, 0.15) is 16.4 Å². The molecule has 1 atom stereocenters. The largest absolute Gasteiger partial charge is 0.356 e. The van der Waals surface area contributed by atoms with Crippen LogP contribution in [0.25, 0.3) is 0 Å². The fourth-order valence-electron chi connectivity index (χ4n) is 2.86. The molecule has 8 heteroatoms. The Bertz CT molecular complexity index is 1110. The van der Waals surface area contributed by atoms with Gasteiger partial charge in [0.05, 0.1) is 11.7 Å². The highest BCUT2D eigenvalue weighted by molar-refractivity contribution is 7.92. The second-order valence-corrected chi connectivity index (χ2v) is 8.36. The lowest BCUT2D eigenvalue weighted by molar-refractivity contribution is 0.0931. The van der Waals surface area contributed by atoms with E-state index < -0.39 is 21.7 Å². The molecule has 29 heavy (non-hydrogen) atoms. The number of aromatic amines is 1. The van der Waals surface area contributed by atoms with Gasteiger partial charge in [-0.15, -0.1) is 0 Å². The number of para-hydroxylation sites is 1. The van der Waals surface area contributed by atoms with Gasteiger partial charge >= 0.3 is 0 Å². The Morgan fingerprint density at radius 2 is 1.83 bits per heavy atom. The molecule has 3 N–H and O–H groups in total. The standard InChI is InChI=1S/C21H22FN3O3S/c1-3-18(15-10-8-14(2)9-11-15)24-21(26)20-12-16(13-23-20)29(27,28)25-19-7-5-4-6-17(19)22/h4-13,18,23,25H,3H2,1-2H3,(H,24,26). The Morgan fingerprint density at radius 1 is 1.14 bits per heavy atom. The number of carbonyl (C=O) groups is 1. The predicted molar refractivity (Wildman–Crippen MR) is 110 cm³/mol. The monoisotopic (exact) mass is 415 g/mol. The van der Waals surface area contributed by atoms with Crippen LogP contribution in [0.3, 0.4) is 0 Å². The molecular formula is C21H22FN3O3S. The van der Waals surface area contributed by atoms with Gasteiger partial charge < -0.3 is 10.3 Å². The summed E-state index contributed by atoms with van der Waals surface area (Å²) < 4.78 is 40.9. The van der Waals surface area contributed by atoms with E-state index in [9.17, 15) is 17.6 Å². The van der Waals surface area contributed by atoms with Crippen molar-refractivity contribution < 1.29 is 17.6 Å². The normalized spacial score (nSPS) is 12.4. The number of benzene rings is 2. The van der Waals surface area contributed by atoms with Gasteiger partial charge in [-0.2, -0.15) is 0 Å². The summed E-state index contributed by atoms with van der Waals surface area (Å²) in [4.78, 5) is 15.1. The molecule has 0 bridgehead atoms. The van der Waals surface area contributed by atoms with Crippen LogP contribution in [0.2, 0.25) is 0 Å². The molecular weight excluding hydrogens is 393 g/mol. The van der Waals surface area contributed by atoms with Gasteiger partial charge in [-0.25, -0.2) is 12.8 Å². The lowest BCUT2D eigenvalue weighted by Crippen LogP contribution is -2.28. The lowest BCUT2D eigenvalue weighted by Gasteiger charge is -2.17. The predicted octanol–water partition coefficient (Wildman–Crippen LogP) is 4.14. The maximum atomic E-state index is 13.7. The first-order valence-electron chi connectivity index (χ1n) is 9.13. The van der Waals surface area contributed by atoms with E-state index in [0.717, 1.165) is 17.2 Å². The van der Waals surface area contributed by atoms with Crippen LogP contribution >= 0.6 is 0 Å². The van der Waals surface area contributed by atoms with Crippen molar-refractivity contribution in [2.24, 2.45) is 0 Å². The summed E-state index contributed by atoms with van der Waals surface area (Å²) in [6.45, 7) is 3.94. The van der Waals surface area contributed by atoms with Crippen molar-refractivity contribution in [1.82, 2.24) is 10.3 Å². The number of aryl methyl sites for hydroxylation is 1. The van der Waals surface area contributed by atoms with E-state index in [-0.39, 0.29) is 22.3 Å². The molecule has 0 saturated carbocycles. The summed E-state index contributed by atoms with van der Waals surface area (Å²) in [5.74, 6) is -1.11. The number of rotatable bonds is 7. The van der Waals surface area contributed by atoms with Crippen molar-refractivity contribution in [2.45, 2.75) is 31.2 Å². The minimum atomic E-state index is -4.04. The Balaban J connectivity index is 1.75. The molecule has 1 aromatic heterocycles. The number of aromatic nitrogens is 1. The molecule has 0 aliphatic rings. The average Bonchev–Trinajstić information content (AvgIpc) is 3.20. The van der Waals surface area contributed by atoms with Gasteiger partial charge in [0, 0.05) is 6.20 Å². The molecule has 0 saturated heterocycles. The Morgan fingerprint density at radius 3 is 2.48 bits per heavy atom. The molecule has 152 valence electrons. The number of anilines is 1. The Labute approximate surface area is 169 Å². The van der Waals surface area contributed by atoms with E-state index in [1.54, 1.807) is 0 Å². The van der Waals surface area contributed by atoms with Gasteiger partial charge in [-0.1, -0.05) is 48.9 Å². The molecule has 0 aliphatic heterocycles. The van der Waals surface area contributed by atoms with Crippen LogP contribution in [0.1, 0.15) is 41.0 Å². The fraction of sp³-hybridized carbons (Fsp3) is 0.190. The smallest absolute Gasteiger partial charge is 0.268 e. The molecule has 2 aromatic carbocycles. The van der Waals surface area contributed by atoms with Gasteiger partial charge in [0.15, 0.2) is 0 Å². The highest BCUT2D eigenvalue weighted by atomic mass is 32.2. The van der Waals surface area contributed by atoms with Crippen LogP contribution in [0, 0.1) is 12.7 Å². The Hall–Kier alpha value is -3.13. The number of amides is 1. The lowest BCUT2D eigenvalue weighted by atomic mass is 10.0. The average molecular weight is 415 g/mol. The zero-order valence-electron chi connectivity index (χ0n) is 16.1. The SMILES string of the molecule is CCC(NC(=O)c1cc(S(=O)(=O)Nc2ccccc2F)c[nH]1)c1ccc(C)cc1. The number of hydrogen-bond donors (Lipinski definition) is 3. The van der Waals surface area contributed by atoms with Crippen molar-refractivity contribution in [3.63, 3.8) is 0 Å². The highest BCUT2D eigenvalue weighted by Gasteiger charge is 2.21. The van der Waals surface area contributed by atoms with Gasteiger partial charge in [-0.05, 0) is 37.1 Å². The fourth-order valence-corrected chi connectivity index (χ4v) is 3.92. The molecule has 0 aliphatic carbocycles. The van der Waals surface area contributed by atoms with Crippen LogP contribution in [0.15, 0.2) is 65.7 Å². The highest BCUT2D eigenvalue weighted by Crippen LogP contribution is 2.21. The van der Waals surface area contributed by atoms with Crippen molar-refractivity contribution in [2.75, 3.05) is 4.72 Å². The van der Waals surface area contributed by atoms with Gasteiger partial charge in [0.25, 0.3) is 15.9 Å². The summed E-state index contributed by atoms with van der Waals surface area (Å²) in [6.07, 6.45) is 1.88. The molecule has 3 rings (SSSR count). The van der Waals surface area contributed by atoms with E-state index in [1.807, 2.05) is 38.1 Å². The third-order valence-corrected chi connectivity index (χ3v) is 5.87. The summed E-state index contributed by atoms with van der Waals surface area (Å²) >= 11 is 0. The third-order valence-electron chi connectivity index (χ3n) is 4.52. The number of hydrogen-bond acceptors (Lipinski definition) is 3. The zero-order chi connectivity index (χ0) is 21.0. The molecule has 3 aromatic rings. The van der Waals surface area contributed by atoms with E-state index in [4.69, 9.17) is 0 Å². The summed E-state index contributed by atoms with van der Waals surface area (Å²) in [5.41, 5.74) is 2.03. The Kier molecular flexibility index (Phi) is 6.03. The second kappa shape index (κ2) is 8.48. The number of H-pyrrole nitrogens is 1. The number of sulfonamides is 1. The van der Waals surface area contributed by atoms with E-state index in [0.29, 0.717) is 6.42 Å². The van der Waals surface area contributed by atoms with Gasteiger partial charge in [0.2, 0.25) is 0 Å². The summed E-state index contributed by atoms with van der Waals surface area (Å²) in [5, 5.41) is 2.90. The van der Waals surface area contributed by atoms with Gasteiger partial charge in [-0.3, -0.25) is 9.52 Å². The number of nitrogens with one attached hydrogen (secondary N) is 3. The molecule has 6 nitrogen and oxygen atoms in total. The topological polar surface area (TPSA) is 91.1 Å². The van der Waals surface area contributed by atoms with E-state index in [1.165, 1.54) is 30.5 Å². The number of halogens is 1. The molecule has 0 fully saturated rings. The zero-order valence-corrected chi connectivity index (χ0v) is 16.9. The first-order chi connectivity index (χ1) is 13.8. The van der Waals surface area contributed by atoms with Crippen LogP contribution < -0.4 is 10.0 Å². The van der Waals surface area contributed by atoms with Crippen LogP contribution in [-0.4, -0.2) is 19.3 Å². The summed E-state index contributed by atoms with van der Waals surface area (Å²) in [6, 6.07) is 14.3. The summed E-state index contributed by atoms with van der Waals surface area (Å²) in [7, 11) is -4.04. The minimum Gasteiger partial charge on any atom is -0.356 e. The van der Waals surface area contributed by atoms with E-state index in [2.05, 4.69) is 15.0 Å². The first-order valence-corrected chi connectivity index (χ1v) is 10.6. The van der Waals surface area contributed by atoms with Crippen LogP contribution in [-0.2, 0) is 10.0 Å². The maximum absolute atomic E-state index is 13.7. The van der Waals surface area contributed by atoms with Crippen LogP contribution in [0.5, 0.6) is 0 Å².